The maximum atomic E-state index is 12.6. The zero-order chi connectivity index (χ0) is 14.4. The van der Waals surface area contributed by atoms with Crippen molar-refractivity contribution in [3.05, 3.63) is 47.5 Å². The van der Waals surface area contributed by atoms with Crippen molar-refractivity contribution in [2.45, 2.75) is 44.8 Å². The van der Waals surface area contributed by atoms with Gasteiger partial charge in [-0.3, -0.25) is 4.79 Å². The standard InChI is InChI=1S/C16H18N4O/c1-11-16(21)19(9-12-5-3-2-4-6-12)10-14-17-18-15(20(11)14)13-7-8-13/h2-6,11,13H,7-10H2,1H3/t11-/m0/s1. The molecule has 2 aromatic rings. The van der Waals surface area contributed by atoms with Gasteiger partial charge in [0.25, 0.3) is 0 Å². The van der Waals surface area contributed by atoms with Crippen molar-refractivity contribution in [2.75, 3.05) is 0 Å². The van der Waals surface area contributed by atoms with Gasteiger partial charge in [-0.05, 0) is 25.3 Å². The van der Waals surface area contributed by atoms with Crippen molar-refractivity contribution < 1.29 is 4.79 Å². The molecule has 0 saturated heterocycles. The molecule has 1 saturated carbocycles. The van der Waals surface area contributed by atoms with Crippen LogP contribution in [0.1, 0.15) is 48.9 Å². The molecule has 108 valence electrons. The molecule has 2 heterocycles. The average molecular weight is 282 g/mol. The minimum atomic E-state index is -0.192. The zero-order valence-corrected chi connectivity index (χ0v) is 12.1. The van der Waals surface area contributed by atoms with E-state index in [4.69, 9.17) is 0 Å². The summed E-state index contributed by atoms with van der Waals surface area (Å²) in [4.78, 5) is 14.5. The zero-order valence-electron chi connectivity index (χ0n) is 12.1. The quantitative estimate of drug-likeness (QED) is 0.867. The first kappa shape index (κ1) is 12.6. The summed E-state index contributed by atoms with van der Waals surface area (Å²) in [5, 5.41) is 8.63. The van der Waals surface area contributed by atoms with Crippen LogP contribution in [0.4, 0.5) is 0 Å². The lowest BCUT2D eigenvalue weighted by atomic mass is 10.1. The Morgan fingerprint density at radius 1 is 1.19 bits per heavy atom. The third kappa shape index (κ3) is 2.13. The van der Waals surface area contributed by atoms with Gasteiger partial charge in [-0.25, -0.2) is 0 Å². The minimum Gasteiger partial charge on any atom is -0.329 e. The number of benzene rings is 1. The van der Waals surface area contributed by atoms with Gasteiger partial charge in [0.2, 0.25) is 5.91 Å². The van der Waals surface area contributed by atoms with Crippen molar-refractivity contribution in [1.82, 2.24) is 19.7 Å². The Kier molecular flexibility index (Phi) is 2.80. The summed E-state index contributed by atoms with van der Waals surface area (Å²) in [7, 11) is 0. The number of carbonyl (C=O) groups excluding carboxylic acids is 1. The number of fused-ring (bicyclic) bond motifs is 1. The number of rotatable bonds is 3. The fourth-order valence-corrected chi connectivity index (χ4v) is 3.05. The highest BCUT2D eigenvalue weighted by molar-refractivity contribution is 5.81. The van der Waals surface area contributed by atoms with Crippen molar-refractivity contribution in [3.63, 3.8) is 0 Å². The van der Waals surface area contributed by atoms with Crippen LogP contribution >= 0.6 is 0 Å². The molecule has 0 unspecified atom stereocenters. The van der Waals surface area contributed by atoms with Gasteiger partial charge in [0.15, 0.2) is 5.82 Å². The highest BCUT2D eigenvalue weighted by atomic mass is 16.2. The molecule has 0 radical (unpaired) electrons. The van der Waals surface area contributed by atoms with E-state index >= 15 is 0 Å². The maximum Gasteiger partial charge on any atom is 0.246 e. The molecule has 0 N–H and O–H groups in total. The molecular formula is C16H18N4O. The lowest BCUT2D eigenvalue weighted by Gasteiger charge is -2.32. The Morgan fingerprint density at radius 3 is 2.67 bits per heavy atom. The summed E-state index contributed by atoms with van der Waals surface area (Å²) < 4.78 is 2.06. The van der Waals surface area contributed by atoms with Gasteiger partial charge in [-0.2, -0.15) is 0 Å². The summed E-state index contributed by atoms with van der Waals surface area (Å²) in [6.45, 7) is 3.14. The number of carbonyl (C=O) groups is 1. The molecule has 1 fully saturated rings. The van der Waals surface area contributed by atoms with Crippen LogP contribution in [-0.2, 0) is 17.9 Å². The first-order chi connectivity index (χ1) is 10.2. The SMILES string of the molecule is C[C@H]1C(=O)N(Cc2ccccc2)Cc2nnc(C3CC3)n21. The first-order valence-corrected chi connectivity index (χ1v) is 7.50. The molecule has 1 aromatic carbocycles. The van der Waals surface area contributed by atoms with E-state index in [0.717, 1.165) is 17.2 Å². The summed E-state index contributed by atoms with van der Waals surface area (Å²) in [6.07, 6.45) is 2.35. The van der Waals surface area contributed by atoms with Gasteiger partial charge in [0.05, 0.1) is 6.54 Å². The van der Waals surface area contributed by atoms with Crippen molar-refractivity contribution in [1.29, 1.82) is 0 Å². The molecule has 4 rings (SSSR count). The molecule has 2 aliphatic rings. The molecule has 0 spiro atoms. The highest BCUT2D eigenvalue weighted by Crippen LogP contribution is 2.41. The predicted molar refractivity (Wildman–Crippen MR) is 77.4 cm³/mol. The monoisotopic (exact) mass is 282 g/mol. The first-order valence-electron chi connectivity index (χ1n) is 7.50. The van der Waals surface area contributed by atoms with Crippen LogP contribution in [0.5, 0.6) is 0 Å². The van der Waals surface area contributed by atoms with Crippen LogP contribution in [-0.4, -0.2) is 25.6 Å². The van der Waals surface area contributed by atoms with Crippen LogP contribution in [0.3, 0.4) is 0 Å². The Labute approximate surface area is 123 Å². The van der Waals surface area contributed by atoms with E-state index in [1.807, 2.05) is 42.2 Å². The number of amides is 1. The van der Waals surface area contributed by atoms with Crippen LogP contribution in [0, 0.1) is 0 Å². The largest absolute Gasteiger partial charge is 0.329 e. The molecule has 5 heteroatoms. The van der Waals surface area contributed by atoms with E-state index < -0.39 is 0 Å². The Bertz CT molecular complexity index is 675. The van der Waals surface area contributed by atoms with E-state index in [0.29, 0.717) is 19.0 Å². The lowest BCUT2D eigenvalue weighted by molar-refractivity contribution is -0.137. The van der Waals surface area contributed by atoms with Gasteiger partial charge in [-0.15, -0.1) is 10.2 Å². The minimum absolute atomic E-state index is 0.160. The van der Waals surface area contributed by atoms with Crippen LogP contribution < -0.4 is 0 Å². The van der Waals surface area contributed by atoms with Gasteiger partial charge in [-0.1, -0.05) is 30.3 Å². The van der Waals surface area contributed by atoms with Crippen molar-refractivity contribution in [3.8, 4) is 0 Å². The third-order valence-electron chi connectivity index (χ3n) is 4.34. The van der Waals surface area contributed by atoms with E-state index in [1.54, 1.807) is 0 Å². The highest BCUT2D eigenvalue weighted by Gasteiger charge is 2.37. The molecule has 1 aliphatic carbocycles. The molecule has 21 heavy (non-hydrogen) atoms. The summed E-state index contributed by atoms with van der Waals surface area (Å²) >= 11 is 0. The Hall–Kier alpha value is -2.17. The summed E-state index contributed by atoms with van der Waals surface area (Å²) in [5.41, 5.74) is 1.15. The van der Waals surface area contributed by atoms with Gasteiger partial charge in [0, 0.05) is 12.5 Å². The average Bonchev–Trinajstić information content (AvgIpc) is 3.26. The second-order valence-electron chi connectivity index (χ2n) is 5.97. The van der Waals surface area contributed by atoms with Gasteiger partial charge < -0.3 is 9.47 Å². The van der Waals surface area contributed by atoms with Gasteiger partial charge >= 0.3 is 0 Å². The fourth-order valence-electron chi connectivity index (χ4n) is 3.05. The topological polar surface area (TPSA) is 51.0 Å². The number of hydrogen-bond donors (Lipinski definition) is 0. The van der Waals surface area contributed by atoms with E-state index in [9.17, 15) is 4.79 Å². The smallest absolute Gasteiger partial charge is 0.246 e. The fraction of sp³-hybridized carbons (Fsp3) is 0.438. The van der Waals surface area contributed by atoms with Crippen LogP contribution in [0.25, 0.3) is 0 Å². The molecule has 5 nitrogen and oxygen atoms in total. The number of aromatic nitrogens is 3. The summed E-state index contributed by atoms with van der Waals surface area (Å²) in [6, 6.07) is 9.90. The third-order valence-corrected chi connectivity index (χ3v) is 4.34. The molecule has 1 atom stereocenters. The number of hydrogen-bond acceptors (Lipinski definition) is 3. The molecule has 1 aliphatic heterocycles. The Balaban J connectivity index is 1.62. The van der Waals surface area contributed by atoms with Crippen LogP contribution in [0.15, 0.2) is 30.3 Å². The molecule has 0 bridgehead atoms. The second-order valence-corrected chi connectivity index (χ2v) is 5.97. The van der Waals surface area contributed by atoms with Gasteiger partial charge in [0.1, 0.15) is 11.9 Å². The maximum absolute atomic E-state index is 12.6. The second kappa shape index (κ2) is 4.69. The van der Waals surface area contributed by atoms with E-state index in [1.165, 1.54) is 12.8 Å². The Morgan fingerprint density at radius 2 is 1.95 bits per heavy atom. The van der Waals surface area contributed by atoms with Crippen molar-refractivity contribution in [2.24, 2.45) is 0 Å². The van der Waals surface area contributed by atoms with E-state index in [2.05, 4.69) is 14.8 Å². The van der Waals surface area contributed by atoms with Crippen LogP contribution in [0.2, 0.25) is 0 Å². The van der Waals surface area contributed by atoms with E-state index in [-0.39, 0.29) is 11.9 Å². The van der Waals surface area contributed by atoms with Crippen molar-refractivity contribution >= 4 is 5.91 Å². The number of nitrogens with zero attached hydrogens (tertiary/aromatic N) is 4. The molecular weight excluding hydrogens is 264 g/mol. The molecule has 1 amide bonds. The summed E-state index contributed by atoms with van der Waals surface area (Å²) in [5.74, 6) is 2.60. The lowest BCUT2D eigenvalue weighted by Crippen LogP contribution is -2.41. The molecule has 1 aromatic heterocycles. The normalized spacial score (nSPS) is 21.5. The predicted octanol–water partition coefficient (Wildman–Crippen LogP) is 2.26.